The molecule has 4 amide bonds. The van der Waals surface area contributed by atoms with Gasteiger partial charge in [0.25, 0.3) is 0 Å². The summed E-state index contributed by atoms with van der Waals surface area (Å²) in [5.41, 5.74) is 1.36. The standard InChI is InChI=1S/C21H23N3O4/c25-18(10-12-24-20(27)16-7-1-2-8-17(16)21(24)28)22-14-5-3-6-15(13-14)23-11-4-9-19(23)26/h1-3,5-6,13,16-17H,4,7-12H2,(H,22,25). The number of carbonyl (C=O) groups excluding carboxylic acids is 4. The van der Waals surface area contributed by atoms with Gasteiger partial charge in [-0.15, -0.1) is 0 Å². The zero-order valence-electron chi connectivity index (χ0n) is 15.6. The van der Waals surface area contributed by atoms with E-state index in [-0.39, 0.29) is 48.4 Å². The number of likely N-dealkylation sites (tertiary alicyclic amines) is 1. The molecule has 2 fully saturated rings. The van der Waals surface area contributed by atoms with Gasteiger partial charge in [0.1, 0.15) is 0 Å². The van der Waals surface area contributed by atoms with E-state index in [1.807, 2.05) is 18.2 Å². The summed E-state index contributed by atoms with van der Waals surface area (Å²) in [6.45, 7) is 0.785. The molecule has 1 N–H and O–H groups in total. The Hall–Kier alpha value is -2.96. The first-order valence-electron chi connectivity index (χ1n) is 9.75. The topological polar surface area (TPSA) is 86.8 Å². The lowest BCUT2D eigenvalue weighted by atomic mass is 9.85. The third-order valence-corrected chi connectivity index (χ3v) is 5.68. The number of rotatable bonds is 5. The Balaban J connectivity index is 1.34. The van der Waals surface area contributed by atoms with Gasteiger partial charge in [-0.3, -0.25) is 24.1 Å². The minimum atomic E-state index is -0.268. The summed E-state index contributed by atoms with van der Waals surface area (Å²) >= 11 is 0. The highest BCUT2D eigenvalue weighted by Gasteiger charge is 2.46. The van der Waals surface area contributed by atoms with Crippen LogP contribution in [0.4, 0.5) is 11.4 Å². The van der Waals surface area contributed by atoms with Crippen molar-refractivity contribution in [3.8, 4) is 0 Å². The second-order valence-corrected chi connectivity index (χ2v) is 7.48. The van der Waals surface area contributed by atoms with Crippen molar-refractivity contribution in [1.29, 1.82) is 0 Å². The molecular formula is C21H23N3O4. The van der Waals surface area contributed by atoms with Crippen LogP contribution in [0.1, 0.15) is 32.1 Å². The van der Waals surface area contributed by atoms with Gasteiger partial charge < -0.3 is 10.2 Å². The first-order chi connectivity index (χ1) is 13.5. The highest BCUT2D eigenvalue weighted by atomic mass is 16.2. The number of hydrogen-bond donors (Lipinski definition) is 1. The number of nitrogens with one attached hydrogen (secondary N) is 1. The molecule has 28 heavy (non-hydrogen) atoms. The monoisotopic (exact) mass is 381 g/mol. The number of hydrogen-bond acceptors (Lipinski definition) is 4. The molecule has 0 bridgehead atoms. The number of benzene rings is 1. The molecule has 2 saturated heterocycles. The Labute approximate surface area is 163 Å². The van der Waals surface area contributed by atoms with Crippen LogP contribution in [0.2, 0.25) is 0 Å². The second-order valence-electron chi connectivity index (χ2n) is 7.48. The molecule has 146 valence electrons. The molecule has 2 atom stereocenters. The number of nitrogens with zero attached hydrogens (tertiary/aromatic N) is 2. The van der Waals surface area contributed by atoms with Crippen LogP contribution in [0.25, 0.3) is 0 Å². The normalized spacial score (nSPS) is 24.1. The van der Waals surface area contributed by atoms with E-state index in [2.05, 4.69) is 5.32 Å². The van der Waals surface area contributed by atoms with Crippen molar-refractivity contribution in [2.24, 2.45) is 11.8 Å². The van der Waals surface area contributed by atoms with Crippen LogP contribution in [0.15, 0.2) is 36.4 Å². The number of carbonyl (C=O) groups is 4. The van der Waals surface area contributed by atoms with E-state index >= 15 is 0 Å². The van der Waals surface area contributed by atoms with E-state index in [1.54, 1.807) is 23.1 Å². The molecule has 0 spiro atoms. The van der Waals surface area contributed by atoms with E-state index in [9.17, 15) is 19.2 Å². The van der Waals surface area contributed by atoms with E-state index < -0.39 is 0 Å². The first-order valence-corrected chi connectivity index (χ1v) is 9.75. The van der Waals surface area contributed by atoms with Crippen molar-refractivity contribution in [2.45, 2.75) is 32.1 Å². The van der Waals surface area contributed by atoms with Crippen LogP contribution >= 0.6 is 0 Å². The van der Waals surface area contributed by atoms with E-state index in [4.69, 9.17) is 0 Å². The van der Waals surface area contributed by atoms with Gasteiger partial charge >= 0.3 is 0 Å². The quantitative estimate of drug-likeness (QED) is 0.625. The number of imide groups is 1. The smallest absolute Gasteiger partial charge is 0.233 e. The van der Waals surface area contributed by atoms with Crippen LogP contribution in [0.3, 0.4) is 0 Å². The largest absolute Gasteiger partial charge is 0.326 e. The predicted molar refractivity (Wildman–Crippen MR) is 103 cm³/mol. The molecule has 0 aromatic heterocycles. The maximum Gasteiger partial charge on any atom is 0.233 e. The summed E-state index contributed by atoms with van der Waals surface area (Å²) in [5.74, 6) is -1.04. The molecule has 1 aliphatic carbocycles. The minimum Gasteiger partial charge on any atom is -0.326 e. The Morgan fingerprint density at radius 1 is 1.07 bits per heavy atom. The van der Waals surface area contributed by atoms with Gasteiger partial charge in [-0.25, -0.2) is 0 Å². The Morgan fingerprint density at radius 3 is 2.43 bits per heavy atom. The molecule has 2 unspecified atom stereocenters. The van der Waals surface area contributed by atoms with E-state index in [0.717, 1.165) is 12.1 Å². The Bertz CT molecular complexity index is 837. The molecule has 2 heterocycles. The molecule has 7 heteroatoms. The maximum atomic E-state index is 12.4. The fourth-order valence-electron chi connectivity index (χ4n) is 4.20. The van der Waals surface area contributed by atoms with Crippen LogP contribution in [0, 0.1) is 11.8 Å². The second kappa shape index (κ2) is 7.58. The van der Waals surface area contributed by atoms with Gasteiger partial charge in [0.05, 0.1) is 11.8 Å². The SMILES string of the molecule is O=C(CCN1C(=O)C2CC=CCC2C1=O)Nc1cccc(N2CCCC2=O)c1. The van der Waals surface area contributed by atoms with Crippen LogP contribution < -0.4 is 10.2 Å². The number of allylic oxidation sites excluding steroid dienone is 2. The lowest BCUT2D eigenvalue weighted by molar-refractivity contribution is -0.140. The molecule has 1 aromatic carbocycles. The zero-order valence-corrected chi connectivity index (χ0v) is 15.6. The van der Waals surface area contributed by atoms with Crippen molar-refractivity contribution in [1.82, 2.24) is 4.90 Å². The van der Waals surface area contributed by atoms with Crippen LogP contribution in [-0.2, 0) is 19.2 Å². The highest BCUT2D eigenvalue weighted by molar-refractivity contribution is 6.06. The molecule has 1 aromatic rings. The highest BCUT2D eigenvalue weighted by Crippen LogP contribution is 2.35. The Kier molecular flexibility index (Phi) is 4.98. The molecule has 7 nitrogen and oxygen atoms in total. The predicted octanol–water partition coefficient (Wildman–Crippen LogP) is 2.09. The average Bonchev–Trinajstić information content (AvgIpc) is 3.23. The molecule has 3 aliphatic rings. The van der Waals surface area contributed by atoms with Crippen molar-refractivity contribution < 1.29 is 19.2 Å². The molecule has 0 radical (unpaired) electrons. The summed E-state index contributed by atoms with van der Waals surface area (Å²) < 4.78 is 0. The summed E-state index contributed by atoms with van der Waals surface area (Å²) in [6.07, 6.45) is 6.52. The fraction of sp³-hybridized carbons (Fsp3) is 0.429. The van der Waals surface area contributed by atoms with Crippen molar-refractivity contribution in [3.05, 3.63) is 36.4 Å². The van der Waals surface area contributed by atoms with Crippen LogP contribution in [0.5, 0.6) is 0 Å². The summed E-state index contributed by atoms with van der Waals surface area (Å²) in [6, 6.07) is 7.17. The van der Waals surface area contributed by atoms with Gasteiger partial charge in [0.2, 0.25) is 23.6 Å². The molecule has 0 saturated carbocycles. The third kappa shape index (κ3) is 3.44. The molecule has 4 rings (SSSR count). The fourth-order valence-corrected chi connectivity index (χ4v) is 4.20. The summed E-state index contributed by atoms with van der Waals surface area (Å²) in [7, 11) is 0. The van der Waals surface area contributed by atoms with Crippen molar-refractivity contribution in [2.75, 3.05) is 23.3 Å². The van der Waals surface area contributed by atoms with Crippen LogP contribution in [-0.4, -0.2) is 41.6 Å². The first kappa shape index (κ1) is 18.4. The van der Waals surface area contributed by atoms with Gasteiger partial charge in [0, 0.05) is 37.3 Å². The van der Waals surface area contributed by atoms with E-state index in [0.29, 0.717) is 31.5 Å². The lowest BCUT2D eigenvalue weighted by Crippen LogP contribution is -2.34. The summed E-state index contributed by atoms with van der Waals surface area (Å²) in [5, 5.41) is 2.80. The Morgan fingerprint density at radius 2 is 1.79 bits per heavy atom. The van der Waals surface area contributed by atoms with Gasteiger partial charge in [-0.05, 0) is 37.5 Å². The minimum absolute atomic E-state index is 0.0528. The maximum absolute atomic E-state index is 12.4. The molecular weight excluding hydrogens is 358 g/mol. The van der Waals surface area contributed by atoms with Gasteiger partial charge in [-0.2, -0.15) is 0 Å². The number of amides is 4. The molecule has 2 aliphatic heterocycles. The number of fused-ring (bicyclic) bond motifs is 1. The lowest BCUT2D eigenvalue weighted by Gasteiger charge is -2.17. The summed E-state index contributed by atoms with van der Waals surface area (Å²) in [4.78, 5) is 52.1. The third-order valence-electron chi connectivity index (χ3n) is 5.68. The number of anilines is 2. The van der Waals surface area contributed by atoms with Crippen molar-refractivity contribution >= 4 is 35.0 Å². The van der Waals surface area contributed by atoms with Gasteiger partial charge in [0.15, 0.2) is 0 Å². The van der Waals surface area contributed by atoms with Gasteiger partial charge in [-0.1, -0.05) is 18.2 Å². The van der Waals surface area contributed by atoms with E-state index in [1.165, 1.54) is 4.90 Å². The van der Waals surface area contributed by atoms with Crippen molar-refractivity contribution in [3.63, 3.8) is 0 Å². The zero-order chi connectivity index (χ0) is 19.7. The average molecular weight is 381 g/mol.